The number of nitrogens with zero attached hydrogens (tertiary/aromatic N) is 4. The quantitative estimate of drug-likeness (QED) is 0.595. The van der Waals surface area contributed by atoms with Crippen molar-refractivity contribution in [1.29, 1.82) is 0 Å². The molecule has 0 aliphatic carbocycles. The zero-order chi connectivity index (χ0) is 22.1. The summed E-state index contributed by atoms with van der Waals surface area (Å²) < 4.78 is 8.25. The van der Waals surface area contributed by atoms with Gasteiger partial charge in [0, 0.05) is 49.4 Å². The van der Waals surface area contributed by atoms with E-state index in [1.807, 2.05) is 53.7 Å². The molecule has 32 heavy (non-hydrogen) atoms. The molecule has 0 unspecified atom stereocenters. The molecule has 0 saturated carbocycles. The van der Waals surface area contributed by atoms with Gasteiger partial charge in [-0.1, -0.05) is 0 Å². The normalized spacial score (nSPS) is 18.0. The number of hydrogen-bond acceptors (Lipinski definition) is 4. The van der Waals surface area contributed by atoms with Gasteiger partial charge < -0.3 is 19.1 Å². The Labute approximate surface area is 189 Å². The Morgan fingerprint density at radius 1 is 1.03 bits per heavy atom. The van der Waals surface area contributed by atoms with E-state index in [0.717, 1.165) is 79.9 Å². The number of ether oxygens (including phenoxy) is 1. The van der Waals surface area contributed by atoms with Crippen molar-refractivity contribution in [3.8, 4) is 11.6 Å². The van der Waals surface area contributed by atoms with E-state index >= 15 is 0 Å². The van der Waals surface area contributed by atoms with Crippen LogP contribution >= 0.6 is 0 Å². The molecular formula is C26H32N4O2. The molecule has 3 aromatic rings. The lowest BCUT2D eigenvalue weighted by molar-refractivity contribution is 0.0792. The zero-order valence-electron chi connectivity index (χ0n) is 19.0. The Hall–Kier alpha value is -2.86. The van der Waals surface area contributed by atoms with Crippen LogP contribution in [0.5, 0.6) is 5.75 Å². The van der Waals surface area contributed by atoms with Gasteiger partial charge in [0.2, 0.25) is 0 Å². The number of amides is 1. The summed E-state index contributed by atoms with van der Waals surface area (Å²) in [7, 11) is 0. The van der Waals surface area contributed by atoms with E-state index in [0.29, 0.717) is 6.04 Å². The minimum absolute atomic E-state index is 0.135. The lowest BCUT2D eigenvalue weighted by Crippen LogP contribution is -2.41. The summed E-state index contributed by atoms with van der Waals surface area (Å²) >= 11 is 0. The molecule has 6 nitrogen and oxygen atoms in total. The summed E-state index contributed by atoms with van der Waals surface area (Å²) in [6.45, 7) is 8.42. The van der Waals surface area contributed by atoms with Crippen LogP contribution in [-0.2, 0) is 0 Å². The van der Waals surface area contributed by atoms with Crippen molar-refractivity contribution in [2.75, 3.05) is 26.2 Å². The van der Waals surface area contributed by atoms with E-state index in [4.69, 9.17) is 4.74 Å². The Kier molecular flexibility index (Phi) is 5.87. The first-order valence-corrected chi connectivity index (χ1v) is 11.9. The molecule has 5 rings (SSSR count). The Bertz CT molecular complexity index is 1070. The highest BCUT2D eigenvalue weighted by Crippen LogP contribution is 2.24. The van der Waals surface area contributed by atoms with Crippen molar-refractivity contribution >= 4 is 16.8 Å². The van der Waals surface area contributed by atoms with E-state index in [1.54, 1.807) is 0 Å². The fourth-order valence-corrected chi connectivity index (χ4v) is 4.87. The topological polar surface area (TPSA) is 50.6 Å². The van der Waals surface area contributed by atoms with Gasteiger partial charge in [0.05, 0.1) is 11.7 Å². The third-order valence-corrected chi connectivity index (χ3v) is 6.81. The van der Waals surface area contributed by atoms with E-state index in [2.05, 4.69) is 28.3 Å². The molecule has 2 aliphatic rings. The van der Waals surface area contributed by atoms with Gasteiger partial charge in [0.25, 0.3) is 5.91 Å². The van der Waals surface area contributed by atoms with E-state index in [1.165, 1.54) is 0 Å². The number of rotatable bonds is 5. The molecule has 0 bridgehead atoms. The predicted octanol–water partition coefficient (Wildman–Crippen LogP) is 4.51. The molecule has 1 aromatic carbocycles. The lowest BCUT2D eigenvalue weighted by atomic mass is 10.1. The average Bonchev–Trinajstić information content (AvgIpc) is 3.49. The number of likely N-dealkylation sites (tertiary alicyclic amines) is 2. The fraction of sp³-hybridized carbons (Fsp3) is 0.462. The molecule has 4 heterocycles. The molecule has 2 fully saturated rings. The average molecular weight is 433 g/mol. The summed E-state index contributed by atoms with van der Waals surface area (Å²) in [6.07, 6.45) is 8.42. The van der Waals surface area contributed by atoms with E-state index in [9.17, 15) is 4.79 Å². The lowest BCUT2D eigenvalue weighted by Gasteiger charge is -2.34. The number of benzene rings is 1. The number of aromatic nitrogens is 2. The highest BCUT2D eigenvalue weighted by atomic mass is 16.5. The van der Waals surface area contributed by atoms with Gasteiger partial charge in [-0.2, -0.15) is 0 Å². The van der Waals surface area contributed by atoms with E-state index in [-0.39, 0.29) is 12.0 Å². The van der Waals surface area contributed by atoms with Crippen molar-refractivity contribution in [1.82, 2.24) is 19.4 Å². The molecule has 2 saturated heterocycles. The number of carbonyl (C=O) groups excluding carboxylic acids is 1. The molecule has 6 heteroatoms. The highest BCUT2D eigenvalue weighted by Gasteiger charge is 2.22. The van der Waals surface area contributed by atoms with Gasteiger partial charge >= 0.3 is 0 Å². The maximum Gasteiger partial charge on any atom is 0.253 e. The fourth-order valence-electron chi connectivity index (χ4n) is 4.87. The molecule has 0 atom stereocenters. The van der Waals surface area contributed by atoms with E-state index < -0.39 is 0 Å². The predicted molar refractivity (Wildman–Crippen MR) is 127 cm³/mol. The number of carbonyl (C=O) groups is 1. The van der Waals surface area contributed by atoms with Gasteiger partial charge in [-0.25, -0.2) is 4.98 Å². The van der Waals surface area contributed by atoms with Crippen molar-refractivity contribution in [3.63, 3.8) is 0 Å². The molecular weight excluding hydrogens is 400 g/mol. The molecule has 168 valence electrons. The molecule has 0 spiro atoms. The molecule has 0 N–H and O–H groups in total. The maximum atomic E-state index is 12.7. The second-order valence-corrected chi connectivity index (χ2v) is 9.26. The van der Waals surface area contributed by atoms with Crippen molar-refractivity contribution in [3.05, 3.63) is 54.4 Å². The van der Waals surface area contributed by atoms with Crippen LogP contribution in [0.3, 0.4) is 0 Å². The SMILES string of the molecule is CC(C)N1CCC(Oc2ccc(-n3ccc4cc(C(=O)N5CCCC5)ccc43)nc2)CC1. The van der Waals surface area contributed by atoms with Crippen molar-refractivity contribution < 1.29 is 9.53 Å². The van der Waals surface area contributed by atoms with Gasteiger partial charge in [-0.3, -0.25) is 4.79 Å². The first-order valence-electron chi connectivity index (χ1n) is 11.9. The van der Waals surface area contributed by atoms with Crippen LogP contribution in [0.15, 0.2) is 48.8 Å². The Morgan fingerprint density at radius 2 is 1.81 bits per heavy atom. The summed E-state index contributed by atoms with van der Waals surface area (Å²) in [4.78, 5) is 21.8. The van der Waals surface area contributed by atoms with Crippen LogP contribution in [0.25, 0.3) is 16.7 Å². The molecule has 1 amide bonds. The third kappa shape index (κ3) is 4.24. The minimum Gasteiger partial charge on any atom is -0.489 e. The van der Waals surface area contributed by atoms with Crippen LogP contribution in [0.1, 0.15) is 49.9 Å². The van der Waals surface area contributed by atoms with Crippen LogP contribution in [0, 0.1) is 0 Å². The Morgan fingerprint density at radius 3 is 2.50 bits per heavy atom. The standard InChI is InChI=1S/C26H32N4O2/c1-19(2)28-14-10-22(11-15-28)32-23-6-8-25(27-18-23)30-16-9-20-17-21(5-7-24(20)30)26(31)29-12-3-4-13-29/h5-9,16-19,22H,3-4,10-15H2,1-2H3. The number of pyridine rings is 1. The third-order valence-electron chi connectivity index (χ3n) is 6.81. The second kappa shape index (κ2) is 8.94. The first kappa shape index (κ1) is 21.0. The monoisotopic (exact) mass is 432 g/mol. The molecule has 0 radical (unpaired) electrons. The summed E-state index contributed by atoms with van der Waals surface area (Å²) in [6, 6.07) is 12.6. The van der Waals surface area contributed by atoms with Gasteiger partial charge in [-0.05, 0) is 75.9 Å². The van der Waals surface area contributed by atoms with Crippen LogP contribution < -0.4 is 4.74 Å². The summed E-state index contributed by atoms with van der Waals surface area (Å²) in [5.74, 6) is 1.81. The highest BCUT2D eigenvalue weighted by molar-refractivity contribution is 5.98. The van der Waals surface area contributed by atoms with Crippen LogP contribution in [0.2, 0.25) is 0 Å². The Balaban J connectivity index is 1.27. The molecule has 2 aliphatic heterocycles. The number of hydrogen-bond donors (Lipinski definition) is 0. The smallest absolute Gasteiger partial charge is 0.253 e. The van der Waals surface area contributed by atoms with Gasteiger partial charge in [0.1, 0.15) is 17.7 Å². The summed E-state index contributed by atoms with van der Waals surface area (Å²) in [5, 5.41) is 1.05. The second-order valence-electron chi connectivity index (χ2n) is 9.26. The number of fused-ring (bicyclic) bond motifs is 1. The van der Waals surface area contributed by atoms with Gasteiger partial charge in [-0.15, -0.1) is 0 Å². The summed E-state index contributed by atoms with van der Waals surface area (Å²) in [5.41, 5.74) is 1.81. The number of piperidine rings is 1. The largest absolute Gasteiger partial charge is 0.489 e. The zero-order valence-corrected chi connectivity index (χ0v) is 19.0. The maximum absolute atomic E-state index is 12.7. The van der Waals surface area contributed by atoms with Crippen LogP contribution in [-0.4, -0.2) is 63.6 Å². The molecule has 2 aromatic heterocycles. The van der Waals surface area contributed by atoms with Crippen LogP contribution in [0.4, 0.5) is 0 Å². The van der Waals surface area contributed by atoms with Gasteiger partial charge in [0.15, 0.2) is 0 Å². The van der Waals surface area contributed by atoms with Crippen molar-refractivity contribution in [2.45, 2.75) is 51.7 Å². The minimum atomic E-state index is 0.135. The first-order chi connectivity index (χ1) is 15.6. The van der Waals surface area contributed by atoms with Crippen molar-refractivity contribution in [2.24, 2.45) is 0 Å².